The van der Waals surface area contributed by atoms with Crippen molar-refractivity contribution in [2.75, 3.05) is 5.32 Å². The molecule has 0 aliphatic heterocycles. The van der Waals surface area contributed by atoms with Gasteiger partial charge in [-0.3, -0.25) is 9.59 Å². The van der Waals surface area contributed by atoms with E-state index in [9.17, 15) is 9.59 Å². The van der Waals surface area contributed by atoms with Crippen LogP contribution in [0.1, 0.15) is 27.8 Å². The van der Waals surface area contributed by atoms with Gasteiger partial charge in [0, 0.05) is 5.56 Å². The Balaban J connectivity index is 2.26. The van der Waals surface area contributed by atoms with E-state index in [-0.39, 0.29) is 11.5 Å². The molecule has 1 aromatic carbocycles. The van der Waals surface area contributed by atoms with Gasteiger partial charge < -0.3 is 9.73 Å². The van der Waals surface area contributed by atoms with Gasteiger partial charge >= 0.3 is 0 Å². The zero-order valence-corrected chi connectivity index (χ0v) is 10.3. The minimum Gasteiger partial charge on any atom is -0.459 e. The molecule has 18 heavy (non-hydrogen) atoms. The molecule has 0 fully saturated rings. The maximum Gasteiger partial charge on any atom is 0.291 e. The third-order valence-electron chi connectivity index (χ3n) is 2.37. The number of hydrogen-bond acceptors (Lipinski definition) is 3. The second kappa shape index (κ2) is 5.06. The summed E-state index contributed by atoms with van der Waals surface area (Å²) >= 11 is 5.95. The Hall–Kier alpha value is -2.07. The summed E-state index contributed by atoms with van der Waals surface area (Å²) in [6.07, 6.45) is 1.41. The molecule has 4 nitrogen and oxygen atoms in total. The molecular formula is C13H10ClNO3. The molecule has 0 aliphatic carbocycles. The lowest BCUT2D eigenvalue weighted by Gasteiger charge is -2.07. The van der Waals surface area contributed by atoms with E-state index in [4.69, 9.17) is 16.0 Å². The van der Waals surface area contributed by atoms with Crippen LogP contribution in [0.4, 0.5) is 5.69 Å². The summed E-state index contributed by atoms with van der Waals surface area (Å²) in [5.41, 5.74) is 0.861. The third-order valence-corrected chi connectivity index (χ3v) is 2.70. The van der Waals surface area contributed by atoms with E-state index >= 15 is 0 Å². The normalized spacial score (nSPS) is 10.1. The summed E-state index contributed by atoms with van der Waals surface area (Å²) in [6, 6.07) is 7.86. The maximum atomic E-state index is 11.8. The lowest BCUT2D eigenvalue weighted by Crippen LogP contribution is -2.11. The van der Waals surface area contributed by atoms with E-state index in [1.54, 1.807) is 18.2 Å². The van der Waals surface area contributed by atoms with Crippen LogP contribution in [0.5, 0.6) is 0 Å². The molecule has 0 atom stereocenters. The highest BCUT2D eigenvalue weighted by atomic mass is 35.5. The number of anilines is 1. The van der Waals surface area contributed by atoms with E-state index in [1.165, 1.54) is 25.3 Å². The van der Waals surface area contributed by atoms with E-state index in [0.29, 0.717) is 16.3 Å². The Morgan fingerprint density at radius 3 is 2.67 bits per heavy atom. The molecule has 0 aliphatic rings. The van der Waals surface area contributed by atoms with E-state index in [1.807, 2.05) is 0 Å². The van der Waals surface area contributed by atoms with Crippen LogP contribution >= 0.6 is 11.6 Å². The van der Waals surface area contributed by atoms with Crippen LogP contribution in [0.15, 0.2) is 41.0 Å². The van der Waals surface area contributed by atoms with Crippen molar-refractivity contribution >= 4 is 29.0 Å². The lowest BCUT2D eigenvalue weighted by atomic mass is 10.1. The highest BCUT2D eigenvalue weighted by Crippen LogP contribution is 2.24. The van der Waals surface area contributed by atoms with E-state index in [0.717, 1.165) is 0 Å². The van der Waals surface area contributed by atoms with Gasteiger partial charge in [0.1, 0.15) is 0 Å². The molecule has 0 radical (unpaired) electrons. The largest absolute Gasteiger partial charge is 0.459 e. The highest BCUT2D eigenvalue weighted by molar-refractivity contribution is 6.34. The van der Waals surface area contributed by atoms with Gasteiger partial charge in [0.15, 0.2) is 11.5 Å². The van der Waals surface area contributed by atoms with Crippen LogP contribution in [-0.4, -0.2) is 11.7 Å². The molecule has 0 saturated heterocycles. The summed E-state index contributed by atoms with van der Waals surface area (Å²) in [4.78, 5) is 23.0. The molecule has 0 bridgehead atoms. The average Bonchev–Trinajstić information content (AvgIpc) is 2.85. The summed E-state index contributed by atoms with van der Waals surface area (Å²) in [5, 5.41) is 2.95. The van der Waals surface area contributed by atoms with Gasteiger partial charge in [-0.2, -0.15) is 0 Å². The van der Waals surface area contributed by atoms with Crippen LogP contribution in [0.25, 0.3) is 0 Å². The standard InChI is InChI=1S/C13H10ClNO3/c1-8(16)9-4-5-10(14)11(7-9)15-13(17)12-3-2-6-18-12/h2-7H,1H3,(H,15,17). The predicted molar refractivity (Wildman–Crippen MR) is 68.1 cm³/mol. The Bertz CT molecular complexity index is 590. The number of benzene rings is 1. The summed E-state index contributed by atoms with van der Waals surface area (Å²) in [5.74, 6) is -0.331. The number of ketones is 1. The monoisotopic (exact) mass is 263 g/mol. The van der Waals surface area contributed by atoms with Gasteiger partial charge in [0.2, 0.25) is 0 Å². The zero-order valence-electron chi connectivity index (χ0n) is 9.57. The third kappa shape index (κ3) is 2.60. The van der Waals surface area contributed by atoms with Crippen LogP contribution in [0.3, 0.4) is 0 Å². The Kier molecular flexibility index (Phi) is 3.48. The van der Waals surface area contributed by atoms with Crippen LogP contribution in [-0.2, 0) is 0 Å². The molecule has 2 aromatic rings. The maximum absolute atomic E-state index is 11.8. The molecule has 0 unspecified atom stereocenters. The molecule has 0 spiro atoms. The first kappa shape index (κ1) is 12.4. The Morgan fingerprint density at radius 1 is 1.28 bits per heavy atom. The van der Waals surface area contributed by atoms with Gasteiger partial charge in [-0.05, 0) is 37.3 Å². The van der Waals surface area contributed by atoms with Gasteiger partial charge in [0.25, 0.3) is 5.91 Å². The zero-order chi connectivity index (χ0) is 13.1. The van der Waals surface area contributed by atoms with Crippen molar-refractivity contribution in [1.82, 2.24) is 0 Å². The number of halogens is 1. The first-order valence-corrected chi connectivity index (χ1v) is 5.61. The molecule has 5 heteroatoms. The minimum atomic E-state index is -0.414. The SMILES string of the molecule is CC(=O)c1ccc(Cl)c(NC(=O)c2ccco2)c1. The highest BCUT2D eigenvalue weighted by Gasteiger charge is 2.12. The number of furan rings is 1. The number of hydrogen-bond donors (Lipinski definition) is 1. The molecular weight excluding hydrogens is 254 g/mol. The molecule has 1 heterocycles. The quantitative estimate of drug-likeness (QED) is 0.864. The molecule has 92 valence electrons. The van der Waals surface area contributed by atoms with E-state index in [2.05, 4.69) is 5.32 Å². The number of carbonyl (C=O) groups is 2. The van der Waals surface area contributed by atoms with Crippen LogP contribution < -0.4 is 5.32 Å². The topological polar surface area (TPSA) is 59.3 Å². The van der Waals surface area contributed by atoms with Crippen LogP contribution in [0, 0.1) is 0 Å². The number of carbonyl (C=O) groups excluding carboxylic acids is 2. The minimum absolute atomic E-state index is 0.0971. The van der Waals surface area contributed by atoms with Crippen molar-refractivity contribution < 1.29 is 14.0 Å². The smallest absolute Gasteiger partial charge is 0.291 e. The van der Waals surface area contributed by atoms with Gasteiger partial charge in [-0.25, -0.2) is 0 Å². The molecule has 1 aromatic heterocycles. The Labute approximate surface area is 109 Å². The van der Waals surface area contributed by atoms with Crippen molar-refractivity contribution in [3.05, 3.63) is 52.9 Å². The van der Waals surface area contributed by atoms with Crippen LogP contribution in [0.2, 0.25) is 5.02 Å². The average molecular weight is 264 g/mol. The summed E-state index contributed by atoms with van der Waals surface area (Å²) < 4.78 is 4.96. The first-order valence-electron chi connectivity index (χ1n) is 5.23. The molecule has 1 amide bonds. The van der Waals surface area contributed by atoms with Crippen molar-refractivity contribution in [2.24, 2.45) is 0 Å². The second-order valence-electron chi connectivity index (χ2n) is 3.68. The number of Topliss-reactive ketones (excluding diaryl/α,β-unsaturated/α-hetero) is 1. The van der Waals surface area contributed by atoms with Gasteiger partial charge in [0.05, 0.1) is 17.0 Å². The fourth-order valence-corrected chi connectivity index (χ4v) is 1.60. The summed E-state index contributed by atoms with van der Waals surface area (Å²) in [6.45, 7) is 1.45. The molecule has 2 rings (SSSR count). The van der Waals surface area contributed by atoms with Crippen molar-refractivity contribution in [3.63, 3.8) is 0 Å². The molecule has 1 N–H and O–H groups in total. The predicted octanol–water partition coefficient (Wildman–Crippen LogP) is 3.39. The lowest BCUT2D eigenvalue weighted by molar-refractivity contribution is 0.0992. The number of rotatable bonds is 3. The fraction of sp³-hybridized carbons (Fsp3) is 0.0769. The van der Waals surface area contributed by atoms with Gasteiger partial charge in [-0.1, -0.05) is 11.6 Å². The molecule has 0 saturated carbocycles. The summed E-state index contributed by atoms with van der Waals surface area (Å²) in [7, 11) is 0. The number of amides is 1. The second-order valence-corrected chi connectivity index (χ2v) is 4.09. The first-order chi connectivity index (χ1) is 8.58. The fourth-order valence-electron chi connectivity index (χ4n) is 1.43. The van der Waals surface area contributed by atoms with E-state index < -0.39 is 5.91 Å². The Morgan fingerprint density at radius 2 is 2.06 bits per heavy atom. The van der Waals surface area contributed by atoms with Gasteiger partial charge in [-0.15, -0.1) is 0 Å². The van der Waals surface area contributed by atoms with Crippen molar-refractivity contribution in [1.29, 1.82) is 0 Å². The van der Waals surface area contributed by atoms with Crippen molar-refractivity contribution in [3.8, 4) is 0 Å². The number of nitrogens with one attached hydrogen (secondary N) is 1. The van der Waals surface area contributed by atoms with Crippen molar-refractivity contribution in [2.45, 2.75) is 6.92 Å².